The van der Waals surface area contributed by atoms with E-state index in [9.17, 15) is 0 Å². The molecule has 0 radical (unpaired) electrons. The number of hydrogen-bond acceptors (Lipinski definition) is 1. The van der Waals surface area contributed by atoms with Crippen molar-refractivity contribution >= 4 is 0 Å². The molecule has 0 aromatic carbocycles. The largest absolute Gasteiger partial charge is 0.327 e. The van der Waals surface area contributed by atoms with Crippen molar-refractivity contribution in [3.63, 3.8) is 0 Å². The lowest BCUT2D eigenvalue weighted by atomic mass is 9.59. The van der Waals surface area contributed by atoms with Crippen LogP contribution in [0.25, 0.3) is 0 Å². The van der Waals surface area contributed by atoms with Crippen LogP contribution in [0.2, 0.25) is 0 Å². The SMILES string of the molecule is CCCC1CC(C)(C)C1N. The molecule has 0 bridgehead atoms. The lowest BCUT2D eigenvalue weighted by Gasteiger charge is -2.49. The van der Waals surface area contributed by atoms with Crippen molar-refractivity contribution in [1.29, 1.82) is 0 Å². The maximum atomic E-state index is 5.99. The van der Waals surface area contributed by atoms with Gasteiger partial charge in [-0.15, -0.1) is 0 Å². The van der Waals surface area contributed by atoms with Crippen LogP contribution in [0.15, 0.2) is 0 Å². The van der Waals surface area contributed by atoms with Gasteiger partial charge in [-0.2, -0.15) is 0 Å². The molecule has 1 rings (SSSR count). The van der Waals surface area contributed by atoms with Crippen molar-refractivity contribution in [3.8, 4) is 0 Å². The smallest absolute Gasteiger partial charge is 0.0119 e. The van der Waals surface area contributed by atoms with Gasteiger partial charge in [0.25, 0.3) is 0 Å². The molecule has 60 valence electrons. The highest BCUT2D eigenvalue weighted by molar-refractivity contribution is 4.98. The molecule has 0 amide bonds. The van der Waals surface area contributed by atoms with Crippen molar-refractivity contribution in [2.24, 2.45) is 17.1 Å². The van der Waals surface area contributed by atoms with Crippen molar-refractivity contribution in [1.82, 2.24) is 0 Å². The summed E-state index contributed by atoms with van der Waals surface area (Å²) in [6.45, 7) is 6.77. The maximum absolute atomic E-state index is 5.99. The molecule has 1 aliphatic carbocycles. The Bertz CT molecular complexity index is 118. The highest BCUT2D eigenvalue weighted by Gasteiger charge is 2.43. The number of hydrogen-bond donors (Lipinski definition) is 1. The van der Waals surface area contributed by atoms with Crippen LogP contribution in [0.4, 0.5) is 0 Å². The zero-order chi connectivity index (χ0) is 7.78. The minimum absolute atomic E-state index is 0.430. The molecule has 1 saturated carbocycles. The van der Waals surface area contributed by atoms with Gasteiger partial charge in [0.1, 0.15) is 0 Å². The minimum Gasteiger partial charge on any atom is -0.327 e. The first kappa shape index (κ1) is 8.06. The molecule has 1 aliphatic rings. The first-order valence-corrected chi connectivity index (χ1v) is 4.33. The van der Waals surface area contributed by atoms with E-state index in [2.05, 4.69) is 20.8 Å². The number of rotatable bonds is 2. The molecule has 0 saturated heterocycles. The number of nitrogens with two attached hydrogens (primary N) is 1. The Labute approximate surface area is 64.0 Å². The Morgan fingerprint density at radius 2 is 2.10 bits per heavy atom. The van der Waals surface area contributed by atoms with Crippen LogP contribution in [-0.2, 0) is 0 Å². The van der Waals surface area contributed by atoms with Crippen molar-refractivity contribution < 1.29 is 0 Å². The van der Waals surface area contributed by atoms with Gasteiger partial charge in [-0.3, -0.25) is 0 Å². The van der Waals surface area contributed by atoms with Crippen molar-refractivity contribution in [2.45, 2.75) is 46.1 Å². The second-order valence-corrected chi connectivity index (χ2v) is 4.27. The van der Waals surface area contributed by atoms with Gasteiger partial charge in [-0.1, -0.05) is 27.2 Å². The Morgan fingerprint density at radius 3 is 2.40 bits per heavy atom. The standard InChI is InChI=1S/C9H19N/c1-4-5-7-6-9(2,3)8(7)10/h7-8H,4-6,10H2,1-3H3. The van der Waals surface area contributed by atoms with E-state index in [1.165, 1.54) is 19.3 Å². The summed E-state index contributed by atoms with van der Waals surface area (Å²) in [5, 5.41) is 0. The van der Waals surface area contributed by atoms with Crippen molar-refractivity contribution in [2.75, 3.05) is 0 Å². The lowest BCUT2D eigenvalue weighted by molar-refractivity contribution is 0.0490. The van der Waals surface area contributed by atoms with Crippen LogP contribution in [0.1, 0.15) is 40.0 Å². The zero-order valence-electron chi connectivity index (χ0n) is 7.35. The van der Waals surface area contributed by atoms with Gasteiger partial charge in [-0.25, -0.2) is 0 Å². The summed E-state index contributed by atoms with van der Waals surface area (Å²) in [5.74, 6) is 0.819. The molecule has 10 heavy (non-hydrogen) atoms. The van der Waals surface area contributed by atoms with Gasteiger partial charge in [0.05, 0.1) is 0 Å². The lowest BCUT2D eigenvalue weighted by Crippen LogP contribution is -2.54. The predicted octanol–water partition coefficient (Wildman–Crippen LogP) is 2.16. The molecule has 1 heteroatoms. The van der Waals surface area contributed by atoms with Gasteiger partial charge in [0.2, 0.25) is 0 Å². The molecular weight excluding hydrogens is 122 g/mol. The van der Waals surface area contributed by atoms with Crippen LogP contribution in [-0.4, -0.2) is 6.04 Å². The van der Waals surface area contributed by atoms with E-state index in [0.29, 0.717) is 11.5 Å². The maximum Gasteiger partial charge on any atom is 0.0119 e. The van der Waals surface area contributed by atoms with Gasteiger partial charge >= 0.3 is 0 Å². The minimum atomic E-state index is 0.430. The highest BCUT2D eigenvalue weighted by atomic mass is 14.8. The Balaban J connectivity index is 2.32. The third-order valence-corrected chi connectivity index (χ3v) is 2.86. The van der Waals surface area contributed by atoms with Gasteiger partial charge in [-0.05, 0) is 24.2 Å². The molecule has 2 N–H and O–H groups in total. The summed E-state index contributed by atoms with van der Waals surface area (Å²) < 4.78 is 0. The third kappa shape index (κ3) is 1.20. The Kier molecular flexibility index (Phi) is 2.04. The molecule has 2 unspecified atom stereocenters. The van der Waals surface area contributed by atoms with E-state index in [1.807, 2.05) is 0 Å². The highest BCUT2D eigenvalue weighted by Crippen LogP contribution is 2.45. The van der Waals surface area contributed by atoms with Crippen LogP contribution >= 0.6 is 0 Å². The molecule has 2 atom stereocenters. The molecule has 0 heterocycles. The summed E-state index contributed by atoms with van der Waals surface area (Å²) in [5.41, 5.74) is 6.42. The van der Waals surface area contributed by atoms with Crippen LogP contribution in [0.5, 0.6) is 0 Å². The van der Waals surface area contributed by atoms with E-state index in [4.69, 9.17) is 5.73 Å². The Hall–Kier alpha value is -0.0400. The topological polar surface area (TPSA) is 26.0 Å². The van der Waals surface area contributed by atoms with E-state index in [0.717, 1.165) is 5.92 Å². The second kappa shape index (κ2) is 2.54. The quantitative estimate of drug-likeness (QED) is 0.626. The van der Waals surface area contributed by atoms with E-state index in [-0.39, 0.29) is 0 Å². The first-order valence-electron chi connectivity index (χ1n) is 4.33. The van der Waals surface area contributed by atoms with Gasteiger partial charge in [0, 0.05) is 6.04 Å². The van der Waals surface area contributed by atoms with E-state index in [1.54, 1.807) is 0 Å². The van der Waals surface area contributed by atoms with Crippen LogP contribution in [0.3, 0.4) is 0 Å². The van der Waals surface area contributed by atoms with Crippen LogP contribution < -0.4 is 5.73 Å². The Morgan fingerprint density at radius 1 is 1.50 bits per heavy atom. The average Bonchev–Trinajstić information content (AvgIpc) is 1.87. The summed E-state index contributed by atoms with van der Waals surface area (Å²) >= 11 is 0. The molecule has 0 spiro atoms. The second-order valence-electron chi connectivity index (χ2n) is 4.27. The summed E-state index contributed by atoms with van der Waals surface area (Å²) in [7, 11) is 0. The van der Waals surface area contributed by atoms with Gasteiger partial charge in [0.15, 0.2) is 0 Å². The molecule has 0 aromatic rings. The average molecular weight is 141 g/mol. The molecular formula is C9H19N. The predicted molar refractivity (Wildman–Crippen MR) is 44.8 cm³/mol. The molecule has 1 nitrogen and oxygen atoms in total. The monoisotopic (exact) mass is 141 g/mol. The van der Waals surface area contributed by atoms with Crippen molar-refractivity contribution in [3.05, 3.63) is 0 Å². The summed E-state index contributed by atoms with van der Waals surface area (Å²) in [6.07, 6.45) is 3.95. The van der Waals surface area contributed by atoms with E-state index >= 15 is 0 Å². The molecule has 0 aliphatic heterocycles. The van der Waals surface area contributed by atoms with Gasteiger partial charge < -0.3 is 5.73 Å². The molecule has 0 aromatic heterocycles. The fourth-order valence-corrected chi connectivity index (χ4v) is 2.07. The zero-order valence-corrected chi connectivity index (χ0v) is 7.35. The summed E-state index contributed by atoms with van der Waals surface area (Å²) in [6, 6.07) is 0.465. The molecule has 1 fully saturated rings. The third-order valence-electron chi connectivity index (χ3n) is 2.86. The van der Waals surface area contributed by atoms with Crippen LogP contribution in [0, 0.1) is 11.3 Å². The van der Waals surface area contributed by atoms with E-state index < -0.39 is 0 Å². The fourth-order valence-electron chi connectivity index (χ4n) is 2.07. The first-order chi connectivity index (χ1) is 4.58. The normalized spacial score (nSPS) is 37.2. The fraction of sp³-hybridized carbons (Fsp3) is 1.00. The summed E-state index contributed by atoms with van der Waals surface area (Å²) in [4.78, 5) is 0.